The molecule has 1 heterocycles. The first kappa shape index (κ1) is 13.8. The Morgan fingerprint density at radius 2 is 2.21 bits per heavy atom. The summed E-state index contributed by atoms with van der Waals surface area (Å²) < 4.78 is 5.41. The fourth-order valence-corrected chi connectivity index (χ4v) is 2.41. The van der Waals surface area contributed by atoms with E-state index in [0.717, 1.165) is 13.0 Å². The van der Waals surface area contributed by atoms with Gasteiger partial charge in [0.05, 0.1) is 12.6 Å². The van der Waals surface area contributed by atoms with Crippen molar-refractivity contribution in [2.75, 3.05) is 20.2 Å². The van der Waals surface area contributed by atoms with E-state index in [9.17, 15) is 4.79 Å². The number of carbonyl (C=O) groups is 1. The van der Waals surface area contributed by atoms with Crippen LogP contribution in [-0.4, -0.2) is 48.4 Å². The van der Waals surface area contributed by atoms with E-state index >= 15 is 0 Å². The van der Waals surface area contributed by atoms with Gasteiger partial charge in [0.2, 0.25) is 0 Å². The molecule has 1 amide bonds. The molecule has 5 nitrogen and oxygen atoms in total. The molecule has 1 aliphatic rings. The molecule has 0 saturated carbocycles. The Hall–Kier alpha value is -1.59. The van der Waals surface area contributed by atoms with E-state index in [1.54, 1.807) is 7.11 Å². The molecule has 5 heteroatoms. The quantitative estimate of drug-likeness (QED) is 0.866. The second-order valence-corrected chi connectivity index (χ2v) is 4.76. The minimum absolute atomic E-state index is 0.0893. The van der Waals surface area contributed by atoms with Gasteiger partial charge in [-0.1, -0.05) is 30.3 Å². The monoisotopic (exact) mass is 264 g/mol. The molecule has 0 spiro atoms. The number of nitrogens with one attached hydrogen (secondary N) is 1. The maximum atomic E-state index is 11.0. The molecular formula is C14H20N2O3. The second-order valence-electron chi connectivity index (χ2n) is 4.76. The van der Waals surface area contributed by atoms with Crippen LogP contribution < -0.4 is 5.32 Å². The molecule has 0 aromatic heterocycles. The number of hydrogen-bond acceptors (Lipinski definition) is 3. The lowest BCUT2D eigenvalue weighted by atomic mass is 10.0. The van der Waals surface area contributed by atoms with Crippen molar-refractivity contribution in [2.24, 2.45) is 0 Å². The molecule has 2 atom stereocenters. The SMILES string of the molecule is COC1CN(C(=O)O)CCC1NCc1ccccc1. The van der Waals surface area contributed by atoms with Crippen LogP contribution in [0.1, 0.15) is 12.0 Å². The maximum Gasteiger partial charge on any atom is 0.407 e. The van der Waals surface area contributed by atoms with Gasteiger partial charge in [-0.05, 0) is 12.0 Å². The molecule has 19 heavy (non-hydrogen) atoms. The van der Waals surface area contributed by atoms with Gasteiger partial charge in [-0.15, -0.1) is 0 Å². The van der Waals surface area contributed by atoms with Crippen LogP contribution in [0.4, 0.5) is 4.79 Å². The minimum atomic E-state index is -0.872. The number of likely N-dealkylation sites (tertiary alicyclic amines) is 1. The zero-order valence-electron chi connectivity index (χ0n) is 11.1. The van der Waals surface area contributed by atoms with Crippen LogP contribution in [-0.2, 0) is 11.3 Å². The van der Waals surface area contributed by atoms with Gasteiger partial charge >= 0.3 is 6.09 Å². The van der Waals surface area contributed by atoms with E-state index < -0.39 is 6.09 Å². The van der Waals surface area contributed by atoms with Gasteiger partial charge in [-0.3, -0.25) is 0 Å². The highest BCUT2D eigenvalue weighted by molar-refractivity contribution is 5.65. The number of benzene rings is 1. The van der Waals surface area contributed by atoms with Crippen LogP contribution in [0.15, 0.2) is 30.3 Å². The Morgan fingerprint density at radius 1 is 1.47 bits per heavy atom. The normalized spacial score (nSPS) is 23.3. The third-order valence-corrected chi connectivity index (χ3v) is 3.54. The van der Waals surface area contributed by atoms with E-state index in [2.05, 4.69) is 17.4 Å². The molecule has 104 valence electrons. The molecule has 2 unspecified atom stereocenters. The van der Waals surface area contributed by atoms with Crippen LogP contribution in [0, 0.1) is 0 Å². The maximum absolute atomic E-state index is 11.0. The Kier molecular flexibility index (Phi) is 4.76. The van der Waals surface area contributed by atoms with Crippen molar-refractivity contribution in [3.63, 3.8) is 0 Å². The van der Waals surface area contributed by atoms with Crippen LogP contribution in [0.3, 0.4) is 0 Å². The summed E-state index contributed by atoms with van der Waals surface area (Å²) in [5.74, 6) is 0. The zero-order valence-corrected chi connectivity index (χ0v) is 11.1. The van der Waals surface area contributed by atoms with Gasteiger partial charge in [0.25, 0.3) is 0 Å². The Morgan fingerprint density at radius 3 is 2.84 bits per heavy atom. The number of methoxy groups -OCH3 is 1. The predicted molar refractivity (Wildman–Crippen MR) is 72.1 cm³/mol. The van der Waals surface area contributed by atoms with Gasteiger partial charge in [0.1, 0.15) is 0 Å². The van der Waals surface area contributed by atoms with Crippen molar-refractivity contribution in [1.82, 2.24) is 10.2 Å². The van der Waals surface area contributed by atoms with E-state index in [1.807, 2.05) is 18.2 Å². The van der Waals surface area contributed by atoms with E-state index in [4.69, 9.17) is 9.84 Å². The van der Waals surface area contributed by atoms with Crippen molar-refractivity contribution in [3.05, 3.63) is 35.9 Å². The van der Waals surface area contributed by atoms with E-state index in [-0.39, 0.29) is 12.1 Å². The largest absolute Gasteiger partial charge is 0.465 e. The molecule has 2 rings (SSSR count). The summed E-state index contributed by atoms with van der Waals surface area (Å²) in [6.45, 7) is 1.76. The topological polar surface area (TPSA) is 61.8 Å². The fraction of sp³-hybridized carbons (Fsp3) is 0.500. The highest BCUT2D eigenvalue weighted by atomic mass is 16.5. The molecule has 1 aromatic rings. The molecule has 2 N–H and O–H groups in total. The zero-order chi connectivity index (χ0) is 13.7. The van der Waals surface area contributed by atoms with Crippen molar-refractivity contribution in [1.29, 1.82) is 0 Å². The Balaban J connectivity index is 1.88. The minimum Gasteiger partial charge on any atom is -0.465 e. The lowest BCUT2D eigenvalue weighted by Crippen LogP contribution is -2.54. The number of carboxylic acid groups (broad SMARTS) is 1. The van der Waals surface area contributed by atoms with Crippen LogP contribution in [0.5, 0.6) is 0 Å². The predicted octanol–water partition coefficient (Wildman–Crippen LogP) is 1.54. The molecule has 0 radical (unpaired) electrons. The standard InChI is InChI=1S/C14H20N2O3/c1-19-13-10-16(14(17)18)8-7-12(13)15-9-11-5-3-2-4-6-11/h2-6,12-13,15H,7-10H2,1H3,(H,17,18). The highest BCUT2D eigenvalue weighted by Crippen LogP contribution is 2.14. The van der Waals surface area contributed by atoms with Crippen molar-refractivity contribution in [3.8, 4) is 0 Å². The first-order valence-electron chi connectivity index (χ1n) is 6.48. The lowest BCUT2D eigenvalue weighted by Gasteiger charge is -2.36. The Bertz CT molecular complexity index is 410. The molecule has 1 aliphatic heterocycles. The van der Waals surface area contributed by atoms with Gasteiger partial charge in [0.15, 0.2) is 0 Å². The Labute approximate surface area is 113 Å². The fourth-order valence-electron chi connectivity index (χ4n) is 2.41. The van der Waals surface area contributed by atoms with Crippen molar-refractivity contribution in [2.45, 2.75) is 25.1 Å². The molecule has 0 aliphatic carbocycles. The number of ether oxygens (including phenoxy) is 1. The average molecular weight is 264 g/mol. The smallest absolute Gasteiger partial charge is 0.407 e. The first-order chi connectivity index (χ1) is 9.20. The number of amides is 1. The summed E-state index contributed by atoms with van der Waals surface area (Å²) in [4.78, 5) is 12.4. The van der Waals surface area contributed by atoms with Gasteiger partial charge < -0.3 is 20.1 Å². The van der Waals surface area contributed by atoms with Crippen LogP contribution in [0.2, 0.25) is 0 Å². The number of rotatable bonds is 4. The molecule has 1 fully saturated rings. The lowest BCUT2D eigenvalue weighted by molar-refractivity contribution is 0.00921. The molecule has 1 saturated heterocycles. The second kappa shape index (κ2) is 6.54. The summed E-state index contributed by atoms with van der Waals surface area (Å²) in [5.41, 5.74) is 1.22. The molecular weight excluding hydrogens is 244 g/mol. The number of nitrogens with zero attached hydrogens (tertiary/aromatic N) is 1. The summed E-state index contributed by atoms with van der Waals surface area (Å²) >= 11 is 0. The summed E-state index contributed by atoms with van der Waals surface area (Å²) in [6, 6.07) is 10.4. The van der Waals surface area contributed by atoms with Gasteiger partial charge in [-0.2, -0.15) is 0 Å². The van der Waals surface area contributed by atoms with Crippen molar-refractivity contribution < 1.29 is 14.6 Å². The molecule has 0 bridgehead atoms. The highest BCUT2D eigenvalue weighted by Gasteiger charge is 2.30. The number of piperidine rings is 1. The summed E-state index contributed by atoms with van der Waals surface area (Å²) in [6.07, 6.45) is -0.186. The van der Waals surface area contributed by atoms with E-state index in [1.165, 1.54) is 10.5 Å². The third-order valence-electron chi connectivity index (χ3n) is 3.54. The van der Waals surface area contributed by atoms with Crippen LogP contribution in [0.25, 0.3) is 0 Å². The van der Waals surface area contributed by atoms with Gasteiger partial charge in [0, 0.05) is 26.2 Å². The summed E-state index contributed by atoms with van der Waals surface area (Å²) in [5, 5.41) is 12.4. The van der Waals surface area contributed by atoms with Gasteiger partial charge in [-0.25, -0.2) is 4.79 Å². The summed E-state index contributed by atoms with van der Waals surface area (Å²) in [7, 11) is 1.63. The van der Waals surface area contributed by atoms with E-state index in [0.29, 0.717) is 13.1 Å². The van der Waals surface area contributed by atoms with Crippen molar-refractivity contribution >= 4 is 6.09 Å². The average Bonchev–Trinajstić information content (AvgIpc) is 2.45. The number of hydrogen-bond donors (Lipinski definition) is 2. The molecule has 1 aromatic carbocycles. The third kappa shape index (κ3) is 3.68. The van der Waals surface area contributed by atoms with Crippen LogP contribution >= 0.6 is 0 Å². The first-order valence-corrected chi connectivity index (χ1v) is 6.48.